The Morgan fingerprint density at radius 2 is 1.18 bits per heavy atom. The number of ether oxygens (including phenoxy) is 1. The van der Waals surface area contributed by atoms with Gasteiger partial charge < -0.3 is 4.74 Å². The lowest BCUT2D eigenvalue weighted by molar-refractivity contribution is -0.139. The number of hydrogen-bond donors (Lipinski definition) is 0. The summed E-state index contributed by atoms with van der Waals surface area (Å²) in [6.45, 7) is 2.02. The molecule has 3 aromatic carbocycles. The zero-order valence-electron chi connectivity index (χ0n) is 16.3. The first-order chi connectivity index (χ1) is 13.7. The fraction of sp³-hybridized carbons (Fsp3) is 0.200. The lowest BCUT2D eigenvalue weighted by atomic mass is 9.77. The number of aliphatic imine (C=N–C) groups is 1. The summed E-state index contributed by atoms with van der Waals surface area (Å²) < 4.78 is 4.89. The van der Waals surface area contributed by atoms with Crippen molar-refractivity contribution < 1.29 is 9.53 Å². The minimum atomic E-state index is -0.733. The Morgan fingerprint density at radius 1 is 0.786 bits per heavy atom. The van der Waals surface area contributed by atoms with Crippen molar-refractivity contribution in [1.29, 1.82) is 0 Å². The van der Waals surface area contributed by atoms with Crippen LogP contribution in [0.5, 0.6) is 0 Å². The van der Waals surface area contributed by atoms with E-state index in [4.69, 9.17) is 9.73 Å². The van der Waals surface area contributed by atoms with Crippen molar-refractivity contribution in [2.75, 3.05) is 7.11 Å². The number of rotatable bonds is 7. The molecule has 3 heteroatoms. The van der Waals surface area contributed by atoms with Crippen LogP contribution < -0.4 is 0 Å². The van der Waals surface area contributed by atoms with Crippen LogP contribution in [0.4, 0.5) is 0 Å². The average Bonchev–Trinajstić information content (AvgIpc) is 2.78. The van der Waals surface area contributed by atoms with Crippen LogP contribution in [0.1, 0.15) is 36.5 Å². The summed E-state index contributed by atoms with van der Waals surface area (Å²) in [5.74, 6) is -0.274. The van der Waals surface area contributed by atoms with Gasteiger partial charge in [0.1, 0.15) is 5.54 Å². The molecule has 0 aliphatic carbocycles. The van der Waals surface area contributed by atoms with Crippen LogP contribution in [0.2, 0.25) is 0 Å². The van der Waals surface area contributed by atoms with Gasteiger partial charge >= 0.3 is 5.97 Å². The second-order valence-electron chi connectivity index (χ2n) is 6.59. The van der Waals surface area contributed by atoms with Gasteiger partial charge in [-0.3, -0.25) is 9.79 Å². The first kappa shape index (κ1) is 19.6. The van der Waals surface area contributed by atoms with Crippen molar-refractivity contribution >= 4 is 11.7 Å². The number of carbonyl (C=O) groups excluding carboxylic acids is 1. The van der Waals surface area contributed by atoms with E-state index in [2.05, 4.69) is 36.4 Å². The average molecular weight is 371 g/mol. The van der Waals surface area contributed by atoms with E-state index in [9.17, 15) is 4.79 Å². The van der Waals surface area contributed by atoms with Gasteiger partial charge in [0.2, 0.25) is 0 Å². The van der Waals surface area contributed by atoms with E-state index < -0.39 is 5.54 Å². The number of benzene rings is 3. The maximum atomic E-state index is 12.0. The van der Waals surface area contributed by atoms with E-state index in [1.54, 1.807) is 0 Å². The monoisotopic (exact) mass is 371 g/mol. The number of hydrogen-bond acceptors (Lipinski definition) is 3. The minimum absolute atomic E-state index is 0.182. The molecule has 142 valence electrons. The quantitative estimate of drug-likeness (QED) is 0.317. The predicted molar refractivity (Wildman–Crippen MR) is 114 cm³/mol. The third kappa shape index (κ3) is 4.04. The molecule has 0 aliphatic rings. The maximum absolute atomic E-state index is 12.0. The molecular formula is C25H25NO2. The summed E-state index contributed by atoms with van der Waals surface area (Å²) in [5.41, 5.74) is 3.25. The lowest BCUT2D eigenvalue weighted by Gasteiger charge is -2.33. The highest BCUT2D eigenvalue weighted by atomic mass is 16.5. The fourth-order valence-electron chi connectivity index (χ4n) is 3.45. The second-order valence-corrected chi connectivity index (χ2v) is 6.59. The third-order valence-electron chi connectivity index (χ3n) is 4.88. The summed E-state index contributed by atoms with van der Waals surface area (Å²) in [6, 6.07) is 30.7. The molecule has 0 aliphatic heterocycles. The maximum Gasteiger partial charge on any atom is 0.311 e. The molecule has 0 amide bonds. The molecule has 0 fully saturated rings. The van der Waals surface area contributed by atoms with E-state index in [1.807, 2.05) is 61.5 Å². The van der Waals surface area contributed by atoms with E-state index in [1.165, 1.54) is 7.11 Å². The molecule has 0 bridgehead atoms. The molecular weight excluding hydrogens is 346 g/mol. The van der Waals surface area contributed by atoms with Crippen molar-refractivity contribution in [1.82, 2.24) is 0 Å². The highest BCUT2D eigenvalue weighted by molar-refractivity contribution is 5.99. The summed E-state index contributed by atoms with van der Waals surface area (Å²) in [4.78, 5) is 17.2. The molecule has 0 radical (unpaired) electrons. The van der Waals surface area contributed by atoms with E-state index in [-0.39, 0.29) is 12.4 Å². The van der Waals surface area contributed by atoms with Crippen molar-refractivity contribution in [3.63, 3.8) is 0 Å². The molecule has 0 saturated carbocycles. The van der Waals surface area contributed by atoms with E-state index >= 15 is 0 Å². The summed E-state index contributed by atoms with van der Waals surface area (Å²) in [6.07, 6.45) is 0.852. The van der Waals surface area contributed by atoms with Crippen LogP contribution in [0.15, 0.2) is 96.0 Å². The molecule has 0 unspecified atom stereocenters. The van der Waals surface area contributed by atoms with Crippen LogP contribution in [-0.4, -0.2) is 18.8 Å². The van der Waals surface area contributed by atoms with E-state index in [0.29, 0.717) is 6.42 Å². The van der Waals surface area contributed by atoms with Crippen LogP contribution in [0, 0.1) is 0 Å². The van der Waals surface area contributed by atoms with Gasteiger partial charge in [0, 0.05) is 5.71 Å². The van der Waals surface area contributed by atoms with Crippen LogP contribution in [0.3, 0.4) is 0 Å². The summed E-state index contributed by atoms with van der Waals surface area (Å²) in [5, 5.41) is 0. The van der Waals surface area contributed by atoms with Crippen molar-refractivity contribution in [3.8, 4) is 0 Å². The topological polar surface area (TPSA) is 38.7 Å². The largest absolute Gasteiger partial charge is 0.469 e. The lowest BCUT2D eigenvalue weighted by Crippen LogP contribution is -2.29. The van der Waals surface area contributed by atoms with E-state index in [0.717, 1.165) is 22.4 Å². The van der Waals surface area contributed by atoms with Crippen molar-refractivity contribution in [2.45, 2.75) is 25.3 Å². The molecule has 0 saturated heterocycles. The normalized spacial score (nSPS) is 11.9. The molecule has 0 heterocycles. The van der Waals surface area contributed by atoms with Gasteiger partial charge in [-0.05, 0) is 23.1 Å². The molecule has 3 nitrogen and oxygen atoms in total. The minimum Gasteiger partial charge on any atom is -0.469 e. The van der Waals surface area contributed by atoms with Gasteiger partial charge in [-0.25, -0.2) is 0 Å². The molecule has 3 aromatic rings. The SMILES string of the molecule is CCC(CC(=O)OC)=NC(c1ccccc1)(c1ccccc1)c1ccccc1. The van der Waals surface area contributed by atoms with Crippen LogP contribution in [-0.2, 0) is 15.1 Å². The summed E-state index contributed by atoms with van der Waals surface area (Å²) >= 11 is 0. The Morgan fingerprint density at radius 3 is 1.50 bits per heavy atom. The van der Waals surface area contributed by atoms with Crippen LogP contribution >= 0.6 is 0 Å². The Balaban J connectivity index is 2.32. The van der Waals surface area contributed by atoms with Gasteiger partial charge in [0.15, 0.2) is 0 Å². The Hall–Kier alpha value is -3.20. The summed E-state index contributed by atoms with van der Waals surface area (Å²) in [7, 11) is 1.41. The van der Waals surface area contributed by atoms with Crippen LogP contribution in [0.25, 0.3) is 0 Å². The molecule has 0 aromatic heterocycles. The van der Waals surface area contributed by atoms with Crippen molar-refractivity contribution in [3.05, 3.63) is 108 Å². The second kappa shape index (κ2) is 9.14. The first-order valence-electron chi connectivity index (χ1n) is 9.51. The van der Waals surface area contributed by atoms with Gasteiger partial charge in [0.25, 0.3) is 0 Å². The zero-order chi connectivity index (χ0) is 19.8. The first-order valence-corrected chi connectivity index (χ1v) is 9.51. The Bertz CT molecular complexity index is 822. The van der Waals surface area contributed by atoms with Gasteiger partial charge in [-0.15, -0.1) is 0 Å². The van der Waals surface area contributed by atoms with Gasteiger partial charge in [-0.1, -0.05) is 97.9 Å². The van der Waals surface area contributed by atoms with Gasteiger partial charge in [0.05, 0.1) is 13.5 Å². The molecule has 28 heavy (non-hydrogen) atoms. The molecule has 0 N–H and O–H groups in total. The third-order valence-corrected chi connectivity index (χ3v) is 4.88. The molecule has 3 rings (SSSR count). The zero-order valence-corrected chi connectivity index (χ0v) is 16.3. The van der Waals surface area contributed by atoms with Gasteiger partial charge in [-0.2, -0.15) is 0 Å². The van der Waals surface area contributed by atoms with Crippen molar-refractivity contribution in [2.24, 2.45) is 4.99 Å². The highest BCUT2D eigenvalue weighted by Crippen LogP contribution is 2.41. The Labute approximate surface area is 166 Å². The highest BCUT2D eigenvalue weighted by Gasteiger charge is 2.36. The number of methoxy groups -OCH3 is 1. The fourth-order valence-corrected chi connectivity index (χ4v) is 3.45. The smallest absolute Gasteiger partial charge is 0.311 e. The molecule has 0 spiro atoms. The predicted octanol–water partition coefficient (Wildman–Crippen LogP) is 5.39. The standard InChI is InChI=1S/C25H25NO2/c1-3-23(19-24(27)28-2)26-25(20-13-7-4-8-14-20,21-15-9-5-10-16-21)22-17-11-6-12-18-22/h4-18H,3,19H2,1-2H3. The Kier molecular flexibility index (Phi) is 6.38. The number of esters is 1. The number of nitrogens with zero attached hydrogens (tertiary/aromatic N) is 1. The molecule has 0 atom stereocenters. The number of carbonyl (C=O) groups is 1.